The molecule has 1 aromatic carbocycles. The molecule has 0 saturated heterocycles. The van der Waals surface area contributed by atoms with Crippen molar-refractivity contribution >= 4 is 17.6 Å². The normalized spacial score (nSPS) is 11.8. The summed E-state index contributed by atoms with van der Waals surface area (Å²) in [6.07, 6.45) is 1.06. The molecule has 0 atom stereocenters. The van der Waals surface area contributed by atoms with Gasteiger partial charge >= 0.3 is 0 Å². The van der Waals surface area contributed by atoms with Crippen molar-refractivity contribution in [3.8, 4) is 0 Å². The third kappa shape index (κ3) is 8.21. The Morgan fingerprint density at radius 3 is 2.52 bits per heavy atom. The van der Waals surface area contributed by atoms with Gasteiger partial charge in [-0.1, -0.05) is 23.7 Å². The highest BCUT2D eigenvalue weighted by Crippen LogP contribution is 2.10. The summed E-state index contributed by atoms with van der Waals surface area (Å²) >= 11 is 5.92. The predicted molar refractivity (Wildman–Crippen MR) is 98.3 cm³/mol. The second-order valence-corrected chi connectivity index (χ2v) is 6.04. The molecule has 0 bridgehead atoms. The molecule has 0 unspecified atom stereocenters. The van der Waals surface area contributed by atoms with E-state index in [-0.39, 0.29) is 0 Å². The SMILES string of the molecule is CN=C(NCCCN(C)CCOC)N(C)Cc1ccc(Cl)cc1. The van der Waals surface area contributed by atoms with Crippen LogP contribution >= 0.6 is 11.6 Å². The Balaban J connectivity index is 2.31. The van der Waals surface area contributed by atoms with E-state index in [1.54, 1.807) is 7.11 Å². The number of hydrogen-bond donors (Lipinski definition) is 1. The van der Waals surface area contributed by atoms with Crippen LogP contribution in [-0.4, -0.2) is 70.3 Å². The lowest BCUT2D eigenvalue weighted by molar-refractivity contribution is 0.161. The maximum absolute atomic E-state index is 5.92. The molecule has 0 aliphatic heterocycles. The molecule has 0 spiro atoms. The molecule has 0 aliphatic rings. The largest absolute Gasteiger partial charge is 0.383 e. The van der Waals surface area contributed by atoms with Gasteiger partial charge in [0.05, 0.1) is 6.61 Å². The van der Waals surface area contributed by atoms with Crippen LogP contribution in [0.15, 0.2) is 29.3 Å². The van der Waals surface area contributed by atoms with Crippen molar-refractivity contribution in [3.05, 3.63) is 34.9 Å². The second kappa shape index (κ2) is 11.3. The Kier molecular flexibility index (Phi) is 9.67. The maximum atomic E-state index is 5.92. The maximum Gasteiger partial charge on any atom is 0.193 e. The highest BCUT2D eigenvalue weighted by molar-refractivity contribution is 6.30. The number of benzene rings is 1. The van der Waals surface area contributed by atoms with Crippen LogP contribution in [0.1, 0.15) is 12.0 Å². The number of rotatable bonds is 9. The van der Waals surface area contributed by atoms with E-state index in [2.05, 4.69) is 27.2 Å². The first kappa shape index (κ1) is 19.7. The highest BCUT2D eigenvalue weighted by atomic mass is 35.5. The Hall–Kier alpha value is -1.30. The first-order chi connectivity index (χ1) is 11.1. The van der Waals surface area contributed by atoms with Crippen LogP contribution in [0, 0.1) is 0 Å². The van der Waals surface area contributed by atoms with Gasteiger partial charge in [-0.25, -0.2) is 0 Å². The summed E-state index contributed by atoms with van der Waals surface area (Å²) in [6.45, 7) is 4.46. The summed E-state index contributed by atoms with van der Waals surface area (Å²) in [6, 6.07) is 7.90. The van der Waals surface area contributed by atoms with Crippen molar-refractivity contribution in [2.24, 2.45) is 4.99 Å². The molecule has 130 valence electrons. The van der Waals surface area contributed by atoms with Gasteiger partial charge in [-0.2, -0.15) is 0 Å². The van der Waals surface area contributed by atoms with Gasteiger partial charge in [0.15, 0.2) is 5.96 Å². The van der Waals surface area contributed by atoms with Gasteiger partial charge in [0.25, 0.3) is 0 Å². The minimum Gasteiger partial charge on any atom is -0.383 e. The smallest absolute Gasteiger partial charge is 0.193 e. The number of guanidine groups is 1. The zero-order chi connectivity index (χ0) is 17.1. The number of ether oxygens (including phenoxy) is 1. The van der Waals surface area contributed by atoms with Crippen molar-refractivity contribution in [1.82, 2.24) is 15.1 Å². The van der Waals surface area contributed by atoms with Gasteiger partial charge in [-0.3, -0.25) is 4.99 Å². The van der Waals surface area contributed by atoms with Crippen LogP contribution in [0.4, 0.5) is 0 Å². The van der Waals surface area contributed by atoms with E-state index in [1.807, 2.05) is 38.4 Å². The third-order valence-electron chi connectivity index (χ3n) is 3.58. The number of aliphatic imine (C=N–C) groups is 1. The summed E-state index contributed by atoms with van der Waals surface area (Å²) in [5, 5.41) is 4.16. The first-order valence-corrected chi connectivity index (χ1v) is 8.28. The van der Waals surface area contributed by atoms with Crippen molar-refractivity contribution in [2.45, 2.75) is 13.0 Å². The quantitative estimate of drug-likeness (QED) is 0.425. The van der Waals surface area contributed by atoms with Crippen LogP contribution in [-0.2, 0) is 11.3 Å². The molecule has 0 radical (unpaired) electrons. The van der Waals surface area contributed by atoms with E-state index in [9.17, 15) is 0 Å². The lowest BCUT2D eigenvalue weighted by Crippen LogP contribution is -2.39. The molecular weight excluding hydrogens is 312 g/mol. The fraction of sp³-hybridized carbons (Fsp3) is 0.588. The van der Waals surface area contributed by atoms with Crippen molar-refractivity contribution < 1.29 is 4.74 Å². The Labute approximate surface area is 145 Å². The Morgan fingerprint density at radius 2 is 1.91 bits per heavy atom. The highest BCUT2D eigenvalue weighted by Gasteiger charge is 2.06. The number of nitrogens with zero attached hydrogens (tertiary/aromatic N) is 3. The van der Waals surface area contributed by atoms with Crippen molar-refractivity contribution in [2.75, 3.05) is 54.5 Å². The summed E-state index contributed by atoms with van der Waals surface area (Å²) in [5.74, 6) is 0.902. The predicted octanol–water partition coefficient (Wildman–Crippen LogP) is 2.32. The van der Waals surface area contributed by atoms with E-state index in [4.69, 9.17) is 16.3 Å². The summed E-state index contributed by atoms with van der Waals surface area (Å²) in [5.41, 5.74) is 1.21. The van der Waals surface area contributed by atoms with Gasteiger partial charge in [0.2, 0.25) is 0 Å². The number of nitrogens with one attached hydrogen (secondary N) is 1. The van der Waals surface area contributed by atoms with Crippen LogP contribution in [0.3, 0.4) is 0 Å². The molecular formula is C17H29ClN4O. The monoisotopic (exact) mass is 340 g/mol. The van der Waals surface area contributed by atoms with Gasteiger partial charge in [-0.15, -0.1) is 0 Å². The van der Waals surface area contributed by atoms with Gasteiger partial charge in [0, 0.05) is 45.9 Å². The lowest BCUT2D eigenvalue weighted by atomic mass is 10.2. The standard InChI is InChI=1S/C17H29ClN4O/c1-19-17(20-10-5-11-21(2)12-13-23-4)22(3)14-15-6-8-16(18)9-7-15/h6-9H,5,10-14H2,1-4H3,(H,19,20). The van der Waals surface area contributed by atoms with E-state index in [0.29, 0.717) is 0 Å². The fourth-order valence-corrected chi connectivity index (χ4v) is 2.36. The van der Waals surface area contributed by atoms with E-state index >= 15 is 0 Å². The molecule has 6 heteroatoms. The number of methoxy groups -OCH3 is 1. The number of halogens is 1. The third-order valence-corrected chi connectivity index (χ3v) is 3.84. The molecule has 0 amide bonds. The summed E-state index contributed by atoms with van der Waals surface area (Å²) in [4.78, 5) is 8.72. The van der Waals surface area contributed by atoms with Crippen LogP contribution in [0.25, 0.3) is 0 Å². The average molecular weight is 341 g/mol. The minimum absolute atomic E-state index is 0.761. The van der Waals surface area contributed by atoms with Crippen LogP contribution in [0.5, 0.6) is 0 Å². The molecule has 1 aromatic rings. The molecule has 1 N–H and O–H groups in total. The number of hydrogen-bond acceptors (Lipinski definition) is 3. The Morgan fingerprint density at radius 1 is 1.22 bits per heavy atom. The summed E-state index contributed by atoms with van der Waals surface area (Å²) < 4.78 is 5.08. The van der Waals surface area contributed by atoms with E-state index in [1.165, 1.54) is 5.56 Å². The first-order valence-electron chi connectivity index (χ1n) is 7.90. The Bertz CT molecular complexity index is 464. The zero-order valence-electron chi connectivity index (χ0n) is 14.7. The number of likely N-dealkylation sites (N-methyl/N-ethyl adjacent to an activating group) is 1. The molecule has 0 heterocycles. The van der Waals surface area contributed by atoms with Gasteiger partial charge < -0.3 is 19.9 Å². The molecule has 0 fully saturated rings. The molecule has 5 nitrogen and oxygen atoms in total. The molecule has 0 aromatic heterocycles. The molecule has 0 aliphatic carbocycles. The summed E-state index contributed by atoms with van der Waals surface area (Å²) in [7, 11) is 7.69. The van der Waals surface area contributed by atoms with Crippen molar-refractivity contribution in [3.63, 3.8) is 0 Å². The van der Waals surface area contributed by atoms with Crippen LogP contribution in [0.2, 0.25) is 5.02 Å². The second-order valence-electron chi connectivity index (χ2n) is 5.61. The zero-order valence-corrected chi connectivity index (χ0v) is 15.4. The lowest BCUT2D eigenvalue weighted by Gasteiger charge is -2.23. The topological polar surface area (TPSA) is 40.1 Å². The van der Waals surface area contributed by atoms with E-state index in [0.717, 1.165) is 50.2 Å². The molecule has 23 heavy (non-hydrogen) atoms. The van der Waals surface area contributed by atoms with Crippen LogP contribution < -0.4 is 5.32 Å². The molecule has 0 saturated carbocycles. The van der Waals surface area contributed by atoms with Gasteiger partial charge in [0.1, 0.15) is 0 Å². The van der Waals surface area contributed by atoms with E-state index < -0.39 is 0 Å². The van der Waals surface area contributed by atoms with Crippen molar-refractivity contribution in [1.29, 1.82) is 0 Å². The average Bonchev–Trinajstić information content (AvgIpc) is 2.55. The fourth-order valence-electron chi connectivity index (χ4n) is 2.23. The van der Waals surface area contributed by atoms with Gasteiger partial charge in [-0.05, 0) is 37.7 Å². The molecule has 1 rings (SSSR count). The minimum atomic E-state index is 0.761.